The van der Waals surface area contributed by atoms with Gasteiger partial charge in [0, 0.05) is 11.7 Å². The fraction of sp³-hybridized carbons (Fsp3) is 0.474. The molecule has 1 saturated heterocycles. The van der Waals surface area contributed by atoms with Crippen LogP contribution in [0.3, 0.4) is 0 Å². The quantitative estimate of drug-likeness (QED) is 0.660. The molecule has 26 heavy (non-hydrogen) atoms. The Bertz CT molecular complexity index is 798. The molecule has 3 aliphatic rings. The third kappa shape index (κ3) is 2.87. The zero-order valence-corrected chi connectivity index (χ0v) is 14.5. The van der Waals surface area contributed by atoms with E-state index in [4.69, 9.17) is 0 Å². The number of carbonyl (C=O) groups is 4. The number of fused-ring (bicyclic) bond motifs is 1. The smallest absolute Gasteiger partial charge is 0.325 e. The molecule has 1 aromatic rings. The van der Waals surface area contributed by atoms with Gasteiger partial charge in [-0.05, 0) is 55.4 Å². The number of carbonyl (C=O) groups excluding carboxylic acids is 4. The van der Waals surface area contributed by atoms with Crippen LogP contribution in [0, 0.1) is 0 Å². The highest BCUT2D eigenvalue weighted by molar-refractivity contribution is 6.45. The van der Waals surface area contributed by atoms with Crippen molar-refractivity contribution in [1.29, 1.82) is 0 Å². The molecular weight excluding hydrogens is 334 g/mol. The number of nitrogens with one attached hydrogen (secondary N) is 1. The Labute approximate surface area is 151 Å². The molecular formula is C19H21N3O4. The lowest BCUT2D eigenvalue weighted by atomic mass is 10.1. The van der Waals surface area contributed by atoms with Crippen LogP contribution in [0.2, 0.25) is 0 Å². The Hall–Kier alpha value is -2.70. The van der Waals surface area contributed by atoms with Crippen LogP contribution in [0.25, 0.3) is 0 Å². The Morgan fingerprint density at radius 1 is 1.00 bits per heavy atom. The predicted octanol–water partition coefficient (Wildman–Crippen LogP) is 1.85. The third-order valence-electron chi connectivity index (χ3n) is 5.46. The number of imide groups is 2. The molecule has 0 unspecified atom stereocenters. The highest BCUT2D eigenvalue weighted by Gasteiger charge is 2.48. The number of anilines is 1. The average Bonchev–Trinajstić information content (AvgIpc) is 3.33. The van der Waals surface area contributed by atoms with Crippen molar-refractivity contribution in [3.8, 4) is 0 Å². The predicted molar refractivity (Wildman–Crippen MR) is 93.3 cm³/mol. The van der Waals surface area contributed by atoms with Crippen molar-refractivity contribution in [2.45, 2.75) is 51.0 Å². The summed E-state index contributed by atoms with van der Waals surface area (Å²) in [5, 5.41) is 2.72. The van der Waals surface area contributed by atoms with Gasteiger partial charge in [0.2, 0.25) is 5.91 Å². The number of aryl methyl sites for hydroxylation is 2. The molecule has 1 N–H and O–H groups in total. The summed E-state index contributed by atoms with van der Waals surface area (Å²) in [6.45, 7) is -0.441. The molecule has 4 rings (SSSR count). The van der Waals surface area contributed by atoms with Gasteiger partial charge < -0.3 is 5.32 Å². The lowest BCUT2D eigenvalue weighted by Crippen LogP contribution is -2.41. The van der Waals surface area contributed by atoms with E-state index in [1.54, 1.807) is 0 Å². The fourth-order valence-corrected chi connectivity index (χ4v) is 4.14. The molecule has 0 atom stereocenters. The number of hydrogen-bond acceptors (Lipinski definition) is 4. The van der Waals surface area contributed by atoms with Crippen molar-refractivity contribution < 1.29 is 19.2 Å². The van der Waals surface area contributed by atoms with Gasteiger partial charge in [-0.2, -0.15) is 0 Å². The molecule has 7 heteroatoms. The summed E-state index contributed by atoms with van der Waals surface area (Å²) in [6.07, 6.45) is 6.48. The summed E-state index contributed by atoms with van der Waals surface area (Å²) in [7, 11) is 0. The van der Waals surface area contributed by atoms with Crippen LogP contribution >= 0.6 is 0 Å². The summed E-state index contributed by atoms with van der Waals surface area (Å²) >= 11 is 0. The van der Waals surface area contributed by atoms with E-state index in [0.717, 1.165) is 54.7 Å². The van der Waals surface area contributed by atoms with E-state index >= 15 is 0 Å². The molecule has 7 nitrogen and oxygen atoms in total. The van der Waals surface area contributed by atoms with Crippen molar-refractivity contribution in [2.24, 2.45) is 0 Å². The Kier molecular flexibility index (Phi) is 4.22. The molecule has 0 bridgehead atoms. The van der Waals surface area contributed by atoms with Crippen LogP contribution in [0.4, 0.5) is 10.5 Å². The number of urea groups is 1. The van der Waals surface area contributed by atoms with Gasteiger partial charge in [0.05, 0.1) is 0 Å². The molecule has 0 spiro atoms. The number of hydrogen-bond donors (Lipinski definition) is 1. The van der Waals surface area contributed by atoms with Gasteiger partial charge in [-0.25, -0.2) is 9.69 Å². The molecule has 5 amide bonds. The van der Waals surface area contributed by atoms with Crippen molar-refractivity contribution >= 4 is 29.4 Å². The van der Waals surface area contributed by atoms with Crippen molar-refractivity contribution in [3.05, 3.63) is 29.3 Å². The maximum absolute atomic E-state index is 12.5. The van der Waals surface area contributed by atoms with Gasteiger partial charge >= 0.3 is 17.8 Å². The van der Waals surface area contributed by atoms with E-state index in [1.165, 1.54) is 11.1 Å². The van der Waals surface area contributed by atoms with Gasteiger partial charge in [0.1, 0.15) is 6.54 Å². The minimum Gasteiger partial charge on any atom is -0.325 e. The normalized spacial score (nSPS) is 20.2. The van der Waals surface area contributed by atoms with Gasteiger partial charge in [-0.15, -0.1) is 0 Å². The molecule has 2 fully saturated rings. The highest BCUT2D eigenvalue weighted by atomic mass is 16.2. The summed E-state index contributed by atoms with van der Waals surface area (Å²) in [5.41, 5.74) is 3.16. The topological polar surface area (TPSA) is 86.8 Å². The fourth-order valence-electron chi connectivity index (χ4n) is 4.14. The van der Waals surface area contributed by atoms with Gasteiger partial charge in [-0.1, -0.05) is 18.9 Å². The molecule has 1 heterocycles. The first kappa shape index (κ1) is 16.8. The monoisotopic (exact) mass is 355 g/mol. The Balaban J connectivity index is 1.43. The standard InChI is InChI=1S/C19H21N3O4/c23-16(20-14-9-8-12-4-3-5-13(12)10-14)11-21-17(24)18(25)22(19(21)26)15-6-1-2-7-15/h8-10,15H,1-7,11H2,(H,20,23). The van der Waals surface area contributed by atoms with Crippen molar-refractivity contribution in [2.75, 3.05) is 11.9 Å². The maximum atomic E-state index is 12.5. The molecule has 1 saturated carbocycles. The van der Waals surface area contributed by atoms with E-state index in [1.807, 2.05) is 18.2 Å². The lowest BCUT2D eigenvalue weighted by Gasteiger charge is -2.20. The van der Waals surface area contributed by atoms with E-state index < -0.39 is 30.3 Å². The SMILES string of the molecule is O=C(CN1C(=O)C(=O)N(C2CCCC2)C1=O)Nc1ccc2c(c1)CCC2. The van der Waals surface area contributed by atoms with Crippen LogP contribution in [0.15, 0.2) is 18.2 Å². The van der Waals surface area contributed by atoms with Crippen LogP contribution in [-0.2, 0) is 27.2 Å². The summed E-state index contributed by atoms with van der Waals surface area (Å²) in [5.74, 6) is -2.20. The molecule has 0 aromatic heterocycles. The van der Waals surface area contributed by atoms with Crippen molar-refractivity contribution in [3.63, 3.8) is 0 Å². The van der Waals surface area contributed by atoms with E-state index in [2.05, 4.69) is 5.32 Å². The number of benzene rings is 1. The third-order valence-corrected chi connectivity index (χ3v) is 5.46. The first-order valence-corrected chi connectivity index (χ1v) is 9.15. The lowest BCUT2D eigenvalue weighted by molar-refractivity contribution is -0.144. The van der Waals surface area contributed by atoms with E-state index in [0.29, 0.717) is 5.69 Å². The molecule has 136 valence electrons. The minimum atomic E-state index is -0.911. The molecule has 0 radical (unpaired) electrons. The zero-order chi connectivity index (χ0) is 18.3. The number of nitrogens with zero attached hydrogens (tertiary/aromatic N) is 2. The first-order chi connectivity index (χ1) is 12.5. The van der Waals surface area contributed by atoms with Crippen LogP contribution < -0.4 is 5.32 Å². The first-order valence-electron chi connectivity index (χ1n) is 9.15. The number of rotatable bonds is 4. The Morgan fingerprint density at radius 2 is 1.73 bits per heavy atom. The second-order valence-corrected chi connectivity index (χ2v) is 7.17. The zero-order valence-electron chi connectivity index (χ0n) is 14.5. The Morgan fingerprint density at radius 3 is 2.50 bits per heavy atom. The van der Waals surface area contributed by atoms with Crippen LogP contribution in [-0.4, -0.2) is 46.1 Å². The molecule has 1 aliphatic heterocycles. The minimum absolute atomic E-state index is 0.219. The maximum Gasteiger partial charge on any atom is 0.334 e. The van der Waals surface area contributed by atoms with Crippen molar-refractivity contribution in [1.82, 2.24) is 9.80 Å². The van der Waals surface area contributed by atoms with Crippen LogP contribution in [0.5, 0.6) is 0 Å². The highest BCUT2D eigenvalue weighted by Crippen LogP contribution is 2.28. The summed E-state index contributed by atoms with van der Waals surface area (Å²) < 4.78 is 0. The second-order valence-electron chi connectivity index (χ2n) is 7.17. The summed E-state index contributed by atoms with van der Waals surface area (Å²) in [6, 6.07) is 4.87. The molecule has 2 aliphatic carbocycles. The van der Waals surface area contributed by atoms with Gasteiger partial charge in [-0.3, -0.25) is 19.3 Å². The largest absolute Gasteiger partial charge is 0.334 e. The molecule has 1 aromatic carbocycles. The van der Waals surface area contributed by atoms with E-state index in [-0.39, 0.29) is 6.04 Å². The van der Waals surface area contributed by atoms with Crippen LogP contribution in [0.1, 0.15) is 43.2 Å². The van der Waals surface area contributed by atoms with Gasteiger partial charge in [0.15, 0.2) is 0 Å². The summed E-state index contributed by atoms with van der Waals surface area (Å²) in [4.78, 5) is 50.9. The van der Waals surface area contributed by atoms with E-state index in [9.17, 15) is 19.2 Å². The second kappa shape index (κ2) is 6.55. The van der Waals surface area contributed by atoms with Gasteiger partial charge in [0.25, 0.3) is 0 Å². The average molecular weight is 355 g/mol. The number of amides is 5.